The number of fused-ring (bicyclic) bond motifs is 1. The minimum absolute atomic E-state index is 0.163. The number of amides is 1. The number of hydrogen-bond donors (Lipinski definition) is 2. The zero-order chi connectivity index (χ0) is 13.4. The van der Waals surface area contributed by atoms with Gasteiger partial charge in [-0.25, -0.2) is 4.39 Å². The van der Waals surface area contributed by atoms with E-state index in [4.69, 9.17) is 0 Å². The predicted octanol–water partition coefficient (Wildman–Crippen LogP) is 3.24. The Balaban J connectivity index is 1.97. The lowest BCUT2D eigenvalue weighted by atomic mass is 10.1. The molecule has 1 unspecified atom stereocenters. The molecule has 0 saturated carbocycles. The van der Waals surface area contributed by atoms with E-state index in [1.54, 1.807) is 6.07 Å². The van der Waals surface area contributed by atoms with Crippen LogP contribution >= 0.6 is 0 Å². The summed E-state index contributed by atoms with van der Waals surface area (Å²) < 4.78 is 13.3. The Labute approximate surface area is 110 Å². The Morgan fingerprint density at radius 2 is 2.00 bits per heavy atom. The summed E-state index contributed by atoms with van der Waals surface area (Å²) in [4.78, 5) is 12.0. The number of benzene rings is 2. The molecule has 1 aliphatic heterocycles. The fraction of sp³-hybridized carbons (Fsp3) is 0.133. The second kappa shape index (κ2) is 4.39. The van der Waals surface area contributed by atoms with Gasteiger partial charge in [0.05, 0.1) is 0 Å². The molecular weight excluding hydrogens is 243 g/mol. The van der Waals surface area contributed by atoms with E-state index in [1.807, 2.05) is 31.2 Å². The molecule has 2 aromatic carbocycles. The Hall–Kier alpha value is -2.36. The van der Waals surface area contributed by atoms with Crippen LogP contribution in [0.15, 0.2) is 42.5 Å². The summed E-state index contributed by atoms with van der Waals surface area (Å²) in [5.74, 6) is -0.504. The molecule has 0 bridgehead atoms. The van der Waals surface area contributed by atoms with E-state index in [2.05, 4.69) is 10.6 Å². The van der Waals surface area contributed by atoms with Gasteiger partial charge in [0.1, 0.15) is 11.9 Å². The molecule has 0 radical (unpaired) electrons. The minimum atomic E-state index is -0.549. The summed E-state index contributed by atoms with van der Waals surface area (Å²) in [5.41, 5.74) is 3.23. The molecule has 19 heavy (non-hydrogen) atoms. The first-order valence-corrected chi connectivity index (χ1v) is 6.07. The molecule has 1 aliphatic rings. The highest BCUT2D eigenvalue weighted by atomic mass is 19.1. The number of hydrogen-bond acceptors (Lipinski definition) is 2. The fourth-order valence-corrected chi connectivity index (χ4v) is 2.27. The summed E-state index contributed by atoms with van der Waals surface area (Å²) in [5, 5.41) is 5.91. The molecule has 0 aromatic heterocycles. The number of anilines is 2. The number of para-hydroxylation sites is 1. The number of carbonyl (C=O) groups is 1. The number of halogens is 1. The summed E-state index contributed by atoms with van der Waals surface area (Å²) >= 11 is 0. The third-order valence-corrected chi connectivity index (χ3v) is 3.29. The van der Waals surface area contributed by atoms with Crippen molar-refractivity contribution in [2.24, 2.45) is 0 Å². The maximum Gasteiger partial charge on any atom is 0.251 e. The van der Waals surface area contributed by atoms with Crippen LogP contribution in [-0.2, 0) is 4.79 Å². The third-order valence-electron chi connectivity index (χ3n) is 3.29. The summed E-state index contributed by atoms with van der Waals surface area (Å²) in [7, 11) is 0. The van der Waals surface area contributed by atoms with Crippen molar-refractivity contribution in [3.63, 3.8) is 0 Å². The zero-order valence-electron chi connectivity index (χ0n) is 10.4. The second-order valence-electron chi connectivity index (χ2n) is 4.61. The van der Waals surface area contributed by atoms with Gasteiger partial charge in [0, 0.05) is 16.9 Å². The molecule has 3 rings (SSSR count). The molecule has 2 N–H and O–H groups in total. The normalized spacial score (nSPS) is 16.9. The molecule has 96 valence electrons. The number of rotatable bonds is 2. The molecule has 0 spiro atoms. The maximum atomic E-state index is 13.3. The summed E-state index contributed by atoms with van der Waals surface area (Å²) in [6.07, 6.45) is 0. The van der Waals surface area contributed by atoms with Crippen LogP contribution < -0.4 is 10.6 Å². The lowest BCUT2D eigenvalue weighted by Gasteiger charge is -2.15. The van der Waals surface area contributed by atoms with Crippen molar-refractivity contribution in [1.29, 1.82) is 0 Å². The first-order valence-electron chi connectivity index (χ1n) is 6.07. The van der Waals surface area contributed by atoms with E-state index < -0.39 is 6.04 Å². The second-order valence-corrected chi connectivity index (χ2v) is 4.61. The van der Waals surface area contributed by atoms with Crippen molar-refractivity contribution in [2.75, 3.05) is 10.6 Å². The first-order chi connectivity index (χ1) is 9.15. The number of carbonyl (C=O) groups excluding carboxylic acids is 1. The van der Waals surface area contributed by atoms with Crippen molar-refractivity contribution >= 4 is 17.3 Å². The van der Waals surface area contributed by atoms with Gasteiger partial charge < -0.3 is 10.6 Å². The van der Waals surface area contributed by atoms with Crippen LogP contribution in [0.3, 0.4) is 0 Å². The van der Waals surface area contributed by atoms with Gasteiger partial charge in [-0.1, -0.05) is 18.2 Å². The maximum absolute atomic E-state index is 13.3. The van der Waals surface area contributed by atoms with Crippen molar-refractivity contribution < 1.29 is 9.18 Å². The Morgan fingerprint density at radius 1 is 1.21 bits per heavy atom. The van der Waals surface area contributed by atoms with Crippen LogP contribution in [0, 0.1) is 12.7 Å². The standard InChI is InChI=1S/C15H13FN2O/c1-9-4-2-3-5-12(9)17-14-11-8-10(16)6-7-13(11)18-15(14)19/h2-8,14,17H,1H3,(H,18,19). The lowest BCUT2D eigenvalue weighted by Crippen LogP contribution is -2.20. The SMILES string of the molecule is Cc1ccccc1NC1C(=O)Nc2ccc(F)cc21. The van der Waals surface area contributed by atoms with E-state index in [9.17, 15) is 9.18 Å². The van der Waals surface area contributed by atoms with Gasteiger partial charge in [0.2, 0.25) is 0 Å². The highest BCUT2D eigenvalue weighted by molar-refractivity contribution is 6.04. The fourth-order valence-electron chi connectivity index (χ4n) is 2.27. The van der Waals surface area contributed by atoms with Crippen LogP contribution in [0.4, 0.5) is 15.8 Å². The van der Waals surface area contributed by atoms with E-state index in [0.29, 0.717) is 11.3 Å². The van der Waals surface area contributed by atoms with Crippen LogP contribution in [0.5, 0.6) is 0 Å². The molecule has 0 saturated heterocycles. The Bertz CT molecular complexity index is 654. The molecule has 2 aromatic rings. The molecule has 1 heterocycles. The van der Waals surface area contributed by atoms with Crippen molar-refractivity contribution in [1.82, 2.24) is 0 Å². The zero-order valence-corrected chi connectivity index (χ0v) is 10.4. The molecule has 0 aliphatic carbocycles. The summed E-state index contributed by atoms with van der Waals surface area (Å²) in [6, 6.07) is 11.5. The number of aryl methyl sites for hydroxylation is 1. The summed E-state index contributed by atoms with van der Waals surface area (Å²) in [6.45, 7) is 1.96. The molecule has 0 fully saturated rings. The third kappa shape index (κ3) is 2.05. The minimum Gasteiger partial charge on any atom is -0.370 e. The van der Waals surface area contributed by atoms with E-state index in [1.165, 1.54) is 12.1 Å². The van der Waals surface area contributed by atoms with Gasteiger partial charge >= 0.3 is 0 Å². The molecular formula is C15H13FN2O. The first kappa shape index (κ1) is 11.7. The Kier molecular flexibility index (Phi) is 2.71. The van der Waals surface area contributed by atoms with Crippen molar-refractivity contribution in [2.45, 2.75) is 13.0 Å². The van der Waals surface area contributed by atoms with Crippen LogP contribution in [0.2, 0.25) is 0 Å². The molecule has 1 amide bonds. The Morgan fingerprint density at radius 3 is 2.79 bits per heavy atom. The van der Waals surface area contributed by atoms with E-state index >= 15 is 0 Å². The van der Waals surface area contributed by atoms with Gasteiger partial charge in [-0.3, -0.25) is 4.79 Å². The molecule has 4 heteroatoms. The van der Waals surface area contributed by atoms with Crippen LogP contribution in [0.1, 0.15) is 17.2 Å². The van der Waals surface area contributed by atoms with Crippen LogP contribution in [-0.4, -0.2) is 5.91 Å². The van der Waals surface area contributed by atoms with Crippen molar-refractivity contribution in [3.05, 3.63) is 59.4 Å². The van der Waals surface area contributed by atoms with Crippen LogP contribution in [0.25, 0.3) is 0 Å². The van der Waals surface area contributed by atoms with E-state index in [0.717, 1.165) is 11.3 Å². The molecule has 1 atom stereocenters. The smallest absolute Gasteiger partial charge is 0.251 e. The average molecular weight is 256 g/mol. The quantitative estimate of drug-likeness (QED) is 0.866. The van der Waals surface area contributed by atoms with Gasteiger partial charge in [-0.05, 0) is 36.8 Å². The monoisotopic (exact) mass is 256 g/mol. The predicted molar refractivity (Wildman–Crippen MR) is 72.6 cm³/mol. The lowest BCUT2D eigenvalue weighted by molar-refractivity contribution is -0.116. The topological polar surface area (TPSA) is 41.1 Å². The number of nitrogens with one attached hydrogen (secondary N) is 2. The highest BCUT2D eigenvalue weighted by Gasteiger charge is 2.30. The largest absolute Gasteiger partial charge is 0.370 e. The van der Waals surface area contributed by atoms with E-state index in [-0.39, 0.29) is 11.7 Å². The average Bonchev–Trinajstić information content (AvgIpc) is 2.69. The molecule has 3 nitrogen and oxygen atoms in total. The van der Waals surface area contributed by atoms with Crippen molar-refractivity contribution in [3.8, 4) is 0 Å². The van der Waals surface area contributed by atoms with Gasteiger partial charge in [0.15, 0.2) is 0 Å². The van der Waals surface area contributed by atoms with Gasteiger partial charge in [-0.15, -0.1) is 0 Å². The highest BCUT2D eigenvalue weighted by Crippen LogP contribution is 2.34. The van der Waals surface area contributed by atoms with Gasteiger partial charge in [-0.2, -0.15) is 0 Å². The van der Waals surface area contributed by atoms with Gasteiger partial charge in [0.25, 0.3) is 5.91 Å².